The number of aromatic hydroxyl groups is 4. The summed E-state index contributed by atoms with van der Waals surface area (Å²) >= 11 is 0. The van der Waals surface area contributed by atoms with E-state index in [1.807, 2.05) is 0 Å². The molecule has 0 radical (unpaired) electrons. The second-order valence-electron chi connectivity index (χ2n) is 14.2. The standard InChI is InChI=1S/C42H46O17/c1-4-5-21(3)53-18-26-16-29(46)36(49)41(55-26)57-31-15-25(44)14-30-27(31)17-32(40(56-30)23-12-20(2)35(48)28(45)13-23)58-42-39(52)38(51)37(50)33(59-42)19-54-34(47)11-8-22-6-9-24(43)10-7-22/h4,6-15,17,26,29,33,36-46,48-52H,1,3,5,16,18-19H2,2H3/b11-8+/t26-,29-,33+,36+,37+,38-,39+,40?,41-,42+/m0/s1. The minimum atomic E-state index is -1.88. The minimum Gasteiger partial charge on any atom is -0.508 e. The Kier molecular flexibility index (Phi) is 13.4. The molecule has 316 valence electrons. The van der Waals surface area contributed by atoms with Gasteiger partial charge in [0, 0.05) is 36.6 Å². The molecule has 3 aromatic rings. The van der Waals surface area contributed by atoms with Crippen molar-refractivity contribution >= 4 is 18.1 Å². The molecule has 2 fully saturated rings. The van der Waals surface area contributed by atoms with E-state index in [0.29, 0.717) is 17.7 Å². The molecule has 0 saturated carbocycles. The topological polar surface area (TPSA) is 264 Å². The molecule has 3 aliphatic heterocycles. The van der Waals surface area contributed by atoms with Crippen LogP contribution in [0.15, 0.2) is 85.4 Å². The van der Waals surface area contributed by atoms with Crippen LogP contribution in [-0.2, 0) is 28.5 Å². The monoisotopic (exact) mass is 822 g/mol. The summed E-state index contributed by atoms with van der Waals surface area (Å²) in [6.07, 6.45) is -9.11. The molecule has 17 heteroatoms. The van der Waals surface area contributed by atoms with Gasteiger partial charge in [-0.25, -0.2) is 4.79 Å². The van der Waals surface area contributed by atoms with Crippen LogP contribution in [0, 0.1) is 6.92 Å². The molecule has 3 heterocycles. The fraction of sp³-hybridized carbons (Fsp3) is 0.357. The Hall–Kier alpha value is -5.79. The molecule has 0 aromatic heterocycles. The van der Waals surface area contributed by atoms with Crippen molar-refractivity contribution in [3.05, 3.63) is 108 Å². The highest BCUT2D eigenvalue weighted by Crippen LogP contribution is 2.47. The van der Waals surface area contributed by atoms with Crippen molar-refractivity contribution in [2.24, 2.45) is 0 Å². The summed E-state index contributed by atoms with van der Waals surface area (Å²) in [5, 5.41) is 95.3. The van der Waals surface area contributed by atoms with Gasteiger partial charge < -0.3 is 79.1 Å². The van der Waals surface area contributed by atoms with E-state index in [2.05, 4.69) is 13.2 Å². The second-order valence-corrected chi connectivity index (χ2v) is 14.2. The third kappa shape index (κ3) is 10.1. The number of carbonyl (C=O) groups is 1. The van der Waals surface area contributed by atoms with Crippen LogP contribution in [-0.4, -0.2) is 120 Å². The number of rotatable bonds is 14. The number of aliphatic hydroxyl groups is 5. The quantitative estimate of drug-likeness (QED) is 0.0372. The number of allylic oxidation sites excluding steroid dienone is 1. The van der Waals surface area contributed by atoms with Gasteiger partial charge in [-0.1, -0.05) is 24.8 Å². The molecule has 2 saturated heterocycles. The van der Waals surface area contributed by atoms with Crippen LogP contribution >= 0.6 is 0 Å². The van der Waals surface area contributed by atoms with Crippen molar-refractivity contribution in [2.75, 3.05) is 13.2 Å². The zero-order valence-corrected chi connectivity index (χ0v) is 31.7. The Balaban J connectivity index is 1.28. The van der Waals surface area contributed by atoms with E-state index in [0.717, 1.165) is 6.08 Å². The summed E-state index contributed by atoms with van der Waals surface area (Å²) in [7, 11) is 0. The van der Waals surface area contributed by atoms with Gasteiger partial charge in [0.05, 0.1) is 23.5 Å². The Labute approximate surface area is 338 Å². The molecule has 0 bridgehead atoms. The first-order chi connectivity index (χ1) is 28.1. The predicted octanol–water partition coefficient (Wildman–Crippen LogP) is 2.69. The average molecular weight is 823 g/mol. The number of carbonyl (C=O) groups excluding carboxylic acids is 1. The van der Waals surface area contributed by atoms with Gasteiger partial charge in [-0.05, 0) is 54.5 Å². The van der Waals surface area contributed by atoms with Crippen molar-refractivity contribution in [3.8, 4) is 34.5 Å². The van der Waals surface area contributed by atoms with E-state index < -0.39 is 85.5 Å². The zero-order chi connectivity index (χ0) is 42.5. The molecule has 1 unspecified atom stereocenters. The average Bonchev–Trinajstić information content (AvgIpc) is 3.20. The van der Waals surface area contributed by atoms with Crippen molar-refractivity contribution in [1.29, 1.82) is 0 Å². The summed E-state index contributed by atoms with van der Waals surface area (Å²) in [6, 6.07) is 11.1. The van der Waals surface area contributed by atoms with Crippen LogP contribution in [0.5, 0.6) is 34.5 Å². The Morgan fingerprint density at radius 3 is 2.29 bits per heavy atom. The lowest BCUT2D eigenvalue weighted by atomic mass is 9.97. The molecule has 3 aromatic carbocycles. The third-order valence-electron chi connectivity index (χ3n) is 9.69. The number of aliphatic hydroxyl groups excluding tert-OH is 5. The number of esters is 1. The molecule has 6 rings (SSSR count). The van der Waals surface area contributed by atoms with E-state index in [9.17, 15) is 50.8 Å². The first-order valence-electron chi connectivity index (χ1n) is 18.5. The fourth-order valence-electron chi connectivity index (χ4n) is 6.52. The van der Waals surface area contributed by atoms with Gasteiger partial charge in [0.25, 0.3) is 0 Å². The number of phenolic OH excluding ortho intramolecular Hbond substituents is 4. The minimum absolute atomic E-state index is 0.000242. The van der Waals surface area contributed by atoms with Gasteiger partial charge in [0.2, 0.25) is 12.6 Å². The number of hydrogen-bond donors (Lipinski definition) is 9. The summed E-state index contributed by atoms with van der Waals surface area (Å²) in [5.41, 5.74) is 1.15. The first-order valence-corrected chi connectivity index (χ1v) is 18.5. The second kappa shape index (κ2) is 18.4. The van der Waals surface area contributed by atoms with Crippen LogP contribution < -0.4 is 9.47 Å². The number of fused-ring (bicyclic) bond motifs is 1. The van der Waals surface area contributed by atoms with Crippen LogP contribution in [0.2, 0.25) is 0 Å². The van der Waals surface area contributed by atoms with Crippen LogP contribution in [0.3, 0.4) is 0 Å². The van der Waals surface area contributed by atoms with Gasteiger partial charge in [0.15, 0.2) is 17.6 Å². The molecular formula is C42H46O17. The predicted molar refractivity (Wildman–Crippen MR) is 206 cm³/mol. The van der Waals surface area contributed by atoms with Crippen LogP contribution in [0.25, 0.3) is 12.2 Å². The molecule has 17 nitrogen and oxygen atoms in total. The fourth-order valence-corrected chi connectivity index (χ4v) is 6.52. The maximum absolute atomic E-state index is 12.5. The summed E-state index contributed by atoms with van der Waals surface area (Å²) in [6.45, 7) is 8.33. The number of phenols is 4. The van der Waals surface area contributed by atoms with Crippen molar-refractivity contribution in [2.45, 2.75) is 81.2 Å². The van der Waals surface area contributed by atoms with Gasteiger partial charge in [0.1, 0.15) is 72.5 Å². The normalized spacial score (nSPS) is 27.8. The SMILES string of the molecule is C=CCC(=C)OC[C@@H]1C[C@H](O)[C@@H](O)[C@H](Oc2cc(O)cc3c2C=C(O[C@@H]2O[C@H](COC(=O)/C=C/c4ccc(O)cc4)[C@@H](O)[C@H](O)[C@H]2O)C(c2cc(C)c(O)c(O)c2)O3)O1. The molecule has 0 spiro atoms. The van der Waals surface area contributed by atoms with Gasteiger partial charge in [-0.15, -0.1) is 6.58 Å². The maximum atomic E-state index is 12.5. The van der Waals surface area contributed by atoms with E-state index in [-0.39, 0.29) is 58.5 Å². The Morgan fingerprint density at radius 2 is 1.58 bits per heavy atom. The zero-order valence-electron chi connectivity index (χ0n) is 31.7. The molecule has 0 aliphatic carbocycles. The van der Waals surface area contributed by atoms with E-state index in [4.69, 9.17) is 33.2 Å². The molecule has 59 heavy (non-hydrogen) atoms. The highest BCUT2D eigenvalue weighted by atomic mass is 16.7. The maximum Gasteiger partial charge on any atom is 0.330 e. The molecule has 0 amide bonds. The largest absolute Gasteiger partial charge is 0.508 e. The highest BCUT2D eigenvalue weighted by Gasteiger charge is 2.47. The number of benzene rings is 3. The van der Waals surface area contributed by atoms with Gasteiger partial charge in [-0.3, -0.25) is 0 Å². The molecule has 3 aliphatic rings. The number of ether oxygens (including phenoxy) is 7. The highest BCUT2D eigenvalue weighted by molar-refractivity contribution is 5.87. The Bertz CT molecular complexity index is 2040. The molecule has 10 atom stereocenters. The van der Waals surface area contributed by atoms with Crippen LogP contribution in [0.4, 0.5) is 0 Å². The lowest BCUT2D eigenvalue weighted by Gasteiger charge is -2.41. The number of hydrogen-bond acceptors (Lipinski definition) is 17. The Morgan fingerprint density at radius 1 is 0.847 bits per heavy atom. The molecular weight excluding hydrogens is 776 g/mol. The summed E-state index contributed by atoms with van der Waals surface area (Å²) < 4.78 is 41.1. The van der Waals surface area contributed by atoms with Crippen LogP contribution in [0.1, 0.15) is 41.2 Å². The van der Waals surface area contributed by atoms with Gasteiger partial charge in [-0.2, -0.15) is 0 Å². The number of aryl methyl sites for hydroxylation is 1. The van der Waals surface area contributed by atoms with E-state index in [1.165, 1.54) is 55.5 Å². The molecule has 9 N–H and O–H groups in total. The lowest BCUT2D eigenvalue weighted by Crippen LogP contribution is -2.59. The van der Waals surface area contributed by atoms with Crippen molar-refractivity contribution < 1.29 is 83.9 Å². The first kappa shape index (κ1) is 42.8. The van der Waals surface area contributed by atoms with E-state index >= 15 is 0 Å². The van der Waals surface area contributed by atoms with Crippen molar-refractivity contribution in [3.63, 3.8) is 0 Å². The van der Waals surface area contributed by atoms with E-state index in [1.54, 1.807) is 18.2 Å². The van der Waals surface area contributed by atoms with Gasteiger partial charge >= 0.3 is 5.97 Å². The lowest BCUT2D eigenvalue weighted by molar-refractivity contribution is -0.294. The summed E-state index contributed by atoms with van der Waals surface area (Å²) in [4.78, 5) is 12.5. The summed E-state index contributed by atoms with van der Waals surface area (Å²) in [5.74, 6) is -1.89. The third-order valence-corrected chi connectivity index (χ3v) is 9.69. The smallest absolute Gasteiger partial charge is 0.330 e. The van der Waals surface area contributed by atoms with Crippen molar-refractivity contribution in [1.82, 2.24) is 0 Å².